The van der Waals surface area contributed by atoms with Gasteiger partial charge in [0.25, 0.3) is 5.91 Å². The number of amides is 1. The molecular formula is C16H13NO3. The third-order valence-corrected chi connectivity index (χ3v) is 4.11. The van der Waals surface area contributed by atoms with Crippen LogP contribution >= 0.6 is 0 Å². The van der Waals surface area contributed by atoms with E-state index in [4.69, 9.17) is 4.74 Å². The monoisotopic (exact) mass is 267 g/mol. The number of rotatable bonds is 1. The van der Waals surface area contributed by atoms with Gasteiger partial charge in [-0.25, -0.2) is 0 Å². The summed E-state index contributed by atoms with van der Waals surface area (Å²) in [4.78, 5) is 12.1. The van der Waals surface area contributed by atoms with Crippen LogP contribution in [-0.4, -0.2) is 18.1 Å². The molecule has 2 aromatic rings. The van der Waals surface area contributed by atoms with Gasteiger partial charge in [-0.1, -0.05) is 24.3 Å². The predicted molar refractivity (Wildman–Crippen MR) is 74.0 cm³/mol. The molecule has 0 spiro atoms. The number of carbonyl (C=O) groups is 1. The number of nitrogens with one attached hydrogen (secondary N) is 1. The number of phenols is 1. The standard InChI is InChI=1S/C16H13NO3/c1-20-15-12(18)7-10-13-11(17-16(10)19)6-8-4-2-3-5-9(8)14(13)15/h2-5,7,11,18H,6H2,1H3,(H,17,19)/t11-/m0/s1. The maximum Gasteiger partial charge on any atom is 0.252 e. The van der Waals surface area contributed by atoms with E-state index in [0.29, 0.717) is 11.3 Å². The Morgan fingerprint density at radius 3 is 2.90 bits per heavy atom. The Labute approximate surface area is 116 Å². The lowest BCUT2D eigenvalue weighted by Gasteiger charge is -2.26. The molecule has 2 aromatic carbocycles. The Bertz CT molecular complexity index is 752. The molecule has 4 heteroatoms. The van der Waals surface area contributed by atoms with Gasteiger partial charge in [0, 0.05) is 11.1 Å². The number of fused-ring (bicyclic) bond motifs is 2. The molecule has 1 heterocycles. The fourth-order valence-electron chi connectivity index (χ4n) is 3.31. The van der Waals surface area contributed by atoms with Crippen molar-refractivity contribution >= 4 is 5.91 Å². The Kier molecular flexibility index (Phi) is 2.13. The van der Waals surface area contributed by atoms with Crippen LogP contribution in [-0.2, 0) is 6.42 Å². The van der Waals surface area contributed by atoms with Gasteiger partial charge in [0.05, 0.1) is 13.2 Å². The highest BCUT2D eigenvalue weighted by molar-refractivity contribution is 6.04. The fraction of sp³-hybridized carbons (Fsp3) is 0.188. The van der Waals surface area contributed by atoms with Gasteiger partial charge >= 0.3 is 0 Å². The first-order valence-corrected chi connectivity index (χ1v) is 6.53. The average Bonchev–Trinajstić information content (AvgIpc) is 2.75. The first-order valence-electron chi connectivity index (χ1n) is 6.53. The van der Waals surface area contributed by atoms with E-state index in [-0.39, 0.29) is 17.7 Å². The van der Waals surface area contributed by atoms with Crippen molar-refractivity contribution in [3.8, 4) is 22.6 Å². The van der Waals surface area contributed by atoms with Gasteiger partial charge in [0.1, 0.15) is 0 Å². The molecule has 1 aliphatic heterocycles. The zero-order valence-electron chi connectivity index (χ0n) is 10.9. The van der Waals surface area contributed by atoms with Crippen LogP contribution in [0.1, 0.15) is 27.5 Å². The molecule has 0 fully saturated rings. The van der Waals surface area contributed by atoms with Crippen LogP contribution in [0.4, 0.5) is 0 Å². The first-order chi connectivity index (χ1) is 9.70. The number of methoxy groups -OCH3 is 1. The Hall–Kier alpha value is -2.49. The van der Waals surface area contributed by atoms with Crippen molar-refractivity contribution in [1.82, 2.24) is 5.32 Å². The second kappa shape index (κ2) is 3.76. The third-order valence-electron chi connectivity index (χ3n) is 4.11. The molecule has 1 aliphatic carbocycles. The number of carbonyl (C=O) groups excluding carboxylic acids is 1. The van der Waals surface area contributed by atoms with E-state index >= 15 is 0 Å². The fourth-order valence-corrected chi connectivity index (χ4v) is 3.31. The molecule has 0 saturated heterocycles. The topological polar surface area (TPSA) is 58.6 Å². The average molecular weight is 267 g/mol. The number of hydrogen-bond donors (Lipinski definition) is 2. The van der Waals surface area contributed by atoms with Crippen molar-refractivity contribution in [2.45, 2.75) is 12.5 Å². The number of hydrogen-bond acceptors (Lipinski definition) is 3. The molecule has 20 heavy (non-hydrogen) atoms. The molecule has 0 aromatic heterocycles. The van der Waals surface area contributed by atoms with Gasteiger partial charge in [0.2, 0.25) is 0 Å². The molecule has 1 atom stereocenters. The van der Waals surface area contributed by atoms with E-state index in [9.17, 15) is 9.90 Å². The number of ether oxygens (including phenoxy) is 1. The lowest BCUT2D eigenvalue weighted by atomic mass is 9.81. The molecule has 4 nitrogen and oxygen atoms in total. The van der Waals surface area contributed by atoms with Crippen LogP contribution in [0.15, 0.2) is 30.3 Å². The predicted octanol–water partition coefficient (Wildman–Crippen LogP) is 2.41. The maximum absolute atomic E-state index is 12.1. The second-order valence-electron chi connectivity index (χ2n) is 5.15. The summed E-state index contributed by atoms with van der Waals surface area (Å²) in [7, 11) is 1.54. The lowest BCUT2D eigenvalue weighted by Crippen LogP contribution is -2.22. The Balaban J connectivity index is 2.14. The van der Waals surface area contributed by atoms with Gasteiger partial charge in [-0.2, -0.15) is 0 Å². The van der Waals surface area contributed by atoms with Crippen LogP contribution in [0.3, 0.4) is 0 Å². The molecule has 0 bridgehead atoms. The third kappa shape index (κ3) is 1.28. The highest BCUT2D eigenvalue weighted by atomic mass is 16.5. The number of aromatic hydroxyl groups is 1. The molecule has 1 amide bonds. The summed E-state index contributed by atoms with van der Waals surface area (Å²) in [6, 6.07) is 9.46. The number of phenolic OH excluding ortho intramolecular Hbond substituents is 1. The minimum Gasteiger partial charge on any atom is -0.504 e. The minimum absolute atomic E-state index is 0.00810. The quantitative estimate of drug-likeness (QED) is 0.834. The summed E-state index contributed by atoms with van der Waals surface area (Å²) in [6.45, 7) is 0. The van der Waals surface area contributed by atoms with Crippen molar-refractivity contribution < 1.29 is 14.6 Å². The molecule has 2 aliphatic rings. The zero-order valence-corrected chi connectivity index (χ0v) is 10.9. The Morgan fingerprint density at radius 2 is 2.10 bits per heavy atom. The lowest BCUT2D eigenvalue weighted by molar-refractivity contribution is 0.0956. The van der Waals surface area contributed by atoms with Crippen LogP contribution in [0.2, 0.25) is 0 Å². The zero-order chi connectivity index (χ0) is 13.9. The summed E-state index contributed by atoms with van der Waals surface area (Å²) in [6.07, 6.45) is 0.774. The normalized spacial score (nSPS) is 18.2. The summed E-state index contributed by atoms with van der Waals surface area (Å²) in [5, 5.41) is 13.1. The van der Waals surface area contributed by atoms with Crippen LogP contribution in [0, 0.1) is 0 Å². The van der Waals surface area contributed by atoms with Crippen molar-refractivity contribution in [3.05, 3.63) is 47.0 Å². The van der Waals surface area contributed by atoms with Crippen molar-refractivity contribution in [2.24, 2.45) is 0 Å². The van der Waals surface area contributed by atoms with Crippen LogP contribution in [0.5, 0.6) is 11.5 Å². The van der Waals surface area contributed by atoms with Gasteiger partial charge in [-0.3, -0.25) is 4.79 Å². The highest BCUT2D eigenvalue weighted by Gasteiger charge is 2.38. The van der Waals surface area contributed by atoms with Crippen LogP contribution < -0.4 is 10.1 Å². The van der Waals surface area contributed by atoms with Gasteiger partial charge in [-0.15, -0.1) is 0 Å². The van der Waals surface area contributed by atoms with Crippen molar-refractivity contribution in [3.63, 3.8) is 0 Å². The van der Waals surface area contributed by atoms with E-state index in [1.165, 1.54) is 13.2 Å². The van der Waals surface area contributed by atoms with E-state index < -0.39 is 0 Å². The molecule has 2 N–H and O–H groups in total. The van der Waals surface area contributed by atoms with E-state index in [1.54, 1.807) is 0 Å². The highest BCUT2D eigenvalue weighted by Crippen LogP contribution is 2.50. The second-order valence-corrected chi connectivity index (χ2v) is 5.15. The van der Waals surface area contributed by atoms with Gasteiger partial charge in [0.15, 0.2) is 11.5 Å². The van der Waals surface area contributed by atoms with E-state index in [1.807, 2.05) is 24.3 Å². The van der Waals surface area contributed by atoms with Gasteiger partial charge in [-0.05, 0) is 29.2 Å². The minimum atomic E-state index is -0.128. The van der Waals surface area contributed by atoms with E-state index in [2.05, 4.69) is 5.32 Å². The molecule has 0 radical (unpaired) electrons. The molecule has 0 unspecified atom stereocenters. The molecule has 4 rings (SSSR count). The van der Waals surface area contributed by atoms with E-state index in [0.717, 1.165) is 28.7 Å². The Morgan fingerprint density at radius 1 is 1.30 bits per heavy atom. The van der Waals surface area contributed by atoms with Crippen molar-refractivity contribution in [1.29, 1.82) is 0 Å². The summed E-state index contributed by atoms with van der Waals surface area (Å²) >= 11 is 0. The smallest absolute Gasteiger partial charge is 0.252 e. The first kappa shape index (κ1) is 11.3. The largest absolute Gasteiger partial charge is 0.504 e. The van der Waals surface area contributed by atoms with Gasteiger partial charge < -0.3 is 15.2 Å². The molecular weight excluding hydrogens is 254 g/mol. The molecule has 0 saturated carbocycles. The van der Waals surface area contributed by atoms with Crippen LogP contribution in [0.25, 0.3) is 11.1 Å². The SMILES string of the molecule is COc1c(O)cc2c3c1-c1ccccc1C[C@@H]3NC2=O. The summed E-state index contributed by atoms with van der Waals surface area (Å²) in [5.74, 6) is 0.322. The van der Waals surface area contributed by atoms with Crippen molar-refractivity contribution in [2.75, 3.05) is 7.11 Å². The summed E-state index contributed by atoms with van der Waals surface area (Å²) < 4.78 is 5.38. The number of benzene rings is 2. The molecule has 100 valence electrons. The maximum atomic E-state index is 12.1. The summed E-state index contributed by atoms with van der Waals surface area (Å²) in [5.41, 5.74) is 4.53.